The van der Waals surface area contributed by atoms with Gasteiger partial charge in [0.05, 0.1) is 10.5 Å². The molecule has 1 N–H and O–H groups in total. The maximum Gasteiger partial charge on any atom is 0.416 e. The molecular formula is C13H14F3N3O2S. The van der Waals surface area contributed by atoms with Crippen LogP contribution in [0.2, 0.25) is 0 Å². The highest BCUT2D eigenvalue weighted by atomic mass is 32.2. The summed E-state index contributed by atoms with van der Waals surface area (Å²) in [6.45, 7) is 0.622. The number of nitrogens with one attached hydrogen (secondary N) is 1. The first-order valence-electron chi connectivity index (χ1n) is 6.43. The lowest BCUT2D eigenvalue weighted by Gasteiger charge is -2.10. The van der Waals surface area contributed by atoms with E-state index in [1.807, 2.05) is 0 Å². The van der Waals surface area contributed by atoms with Gasteiger partial charge in [-0.15, -0.1) is 0 Å². The van der Waals surface area contributed by atoms with Gasteiger partial charge in [0, 0.05) is 25.5 Å². The van der Waals surface area contributed by atoms with Crippen LogP contribution in [0.3, 0.4) is 0 Å². The third kappa shape index (κ3) is 4.31. The van der Waals surface area contributed by atoms with Gasteiger partial charge in [0.15, 0.2) is 0 Å². The molecule has 0 aliphatic heterocycles. The smallest absolute Gasteiger partial charge is 0.273 e. The summed E-state index contributed by atoms with van der Waals surface area (Å²) in [5.41, 5.74) is -0.994. The lowest BCUT2D eigenvalue weighted by atomic mass is 10.2. The van der Waals surface area contributed by atoms with Gasteiger partial charge in [0.2, 0.25) is 10.0 Å². The van der Waals surface area contributed by atoms with Crippen molar-refractivity contribution in [3.05, 3.63) is 48.3 Å². The first-order chi connectivity index (χ1) is 10.3. The Balaban J connectivity index is 1.98. The molecule has 0 bridgehead atoms. The molecule has 1 aromatic carbocycles. The molecule has 2 aromatic rings. The normalized spacial score (nSPS) is 12.5. The minimum Gasteiger partial charge on any atom is -0.273 e. The molecule has 9 heteroatoms. The highest BCUT2D eigenvalue weighted by molar-refractivity contribution is 7.89. The van der Waals surface area contributed by atoms with Crippen LogP contribution in [0, 0.1) is 0 Å². The van der Waals surface area contributed by atoms with Gasteiger partial charge in [-0.25, -0.2) is 13.1 Å². The second-order valence-corrected chi connectivity index (χ2v) is 6.31. The molecule has 0 saturated carbocycles. The number of halogens is 3. The zero-order chi connectivity index (χ0) is 16.2. The molecule has 0 spiro atoms. The number of alkyl halides is 3. The first kappa shape index (κ1) is 16.5. The second-order valence-electron chi connectivity index (χ2n) is 4.55. The van der Waals surface area contributed by atoms with Gasteiger partial charge in [-0.1, -0.05) is 6.07 Å². The third-order valence-electron chi connectivity index (χ3n) is 2.89. The van der Waals surface area contributed by atoms with Gasteiger partial charge in [-0.2, -0.15) is 18.3 Å². The standard InChI is InChI=1S/C13H14F3N3O2S/c14-13(15,16)11-4-1-5-12(10-11)22(20,21)18-7-3-9-19-8-2-6-17-19/h1-2,4-6,8,10,18H,3,7,9H2. The van der Waals surface area contributed by atoms with Crippen LogP contribution in [0.5, 0.6) is 0 Å². The fraction of sp³-hybridized carbons (Fsp3) is 0.308. The number of sulfonamides is 1. The molecule has 0 amide bonds. The van der Waals surface area contributed by atoms with Crippen LogP contribution in [-0.2, 0) is 22.7 Å². The largest absolute Gasteiger partial charge is 0.416 e. The molecule has 0 aliphatic rings. The summed E-state index contributed by atoms with van der Waals surface area (Å²) in [7, 11) is -3.96. The van der Waals surface area contributed by atoms with Gasteiger partial charge in [0.25, 0.3) is 0 Å². The average molecular weight is 333 g/mol. The SMILES string of the molecule is O=S(=O)(NCCCn1cccn1)c1cccc(C(F)(F)F)c1. The van der Waals surface area contributed by atoms with Crippen molar-refractivity contribution < 1.29 is 21.6 Å². The van der Waals surface area contributed by atoms with E-state index in [0.29, 0.717) is 19.0 Å². The highest BCUT2D eigenvalue weighted by Gasteiger charge is 2.31. The Morgan fingerprint density at radius 1 is 1.23 bits per heavy atom. The topological polar surface area (TPSA) is 64.0 Å². The fourth-order valence-corrected chi connectivity index (χ4v) is 2.92. The van der Waals surface area contributed by atoms with E-state index in [1.165, 1.54) is 0 Å². The molecule has 22 heavy (non-hydrogen) atoms. The van der Waals surface area contributed by atoms with Crippen molar-refractivity contribution in [1.82, 2.24) is 14.5 Å². The Labute approximate surface area is 125 Å². The second kappa shape index (κ2) is 6.49. The van der Waals surface area contributed by atoms with Crippen molar-refractivity contribution in [2.24, 2.45) is 0 Å². The summed E-state index contributed by atoms with van der Waals surface area (Å²) in [6, 6.07) is 5.39. The van der Waals surface area contributed by atoms with Crippen LogP contribution in [-0.4, -0.2) is 24.7 Å². The minimum atomic E-state index is -4.58. The van der Waals surface area contributed by atoms with E-state index in [1.54, 1.807) is 23.1 Å². The van der Waals surface area contributed by atoms with Crippen LogP contribution < -0.4 is 4.72 Å². The molecule has 5 nitrogen and oxygen atoms in total. The highest BCUT2D eigenvalue weighted by Crippen LogP contribution is 2.30. The molecule has 0 saturated heterocycles. The molecule has 0 radical (unpaired) electrons. The van der Waals surface area contributed by atoms with E-state index in [0.717, 1.165) is 18.2 Å². The number of aromatic nitrogens is 2. The lowest BCUT2D eigenvalue weighted by molar-refractivity contribution is -0.137. The van der Waals surface area contributed by atoms with Gasteiger partial charge >= 0.3 is 6.18 Å². The summed E-state index contributed by atoms with van der Waals surface area (Å²) in [6.07, 6.45) is -0.764. The predicted molar refractivity (Wildman–Crippen MR) is 73.5 cm³/mol. The van der Waals surface area contributed by atoms with Crippen molar-refractivity contribution in [1.29, 1.82) is 0 Å². The molecule has 0 fully saturated rings. The molecule has 2 rings (SSSR count). The summed E-state index contributed by atoms with van der Waals surface area (Å²) in [5, 5.41) is 3.96. The van der Waals surface area contributed by atoms with Gasteiger partial charge < -0.3 is 0 Å². The average Bonchev–Trinajstić information content (AvgIpc) is 2.96. The van der Waals surface area contributed by atoms with Gasteiger partial charge in [-0.3, -0.25) is 4.68 Å². The Bertz CT molecular complexity index is 712. The summed E-state index contributed by atoms with van der Waals surface area (Å²) >= 11 is 0. The van der Waals surface area contributed by atoms with Gasteiger partial charge in [0.1, 0.15) is 0 Å². The summed E-state index contributed by atoms with van der Waals surface area (Å²) in [4.78, 5) is -0.401. The zero-order valence-corrected chi connectivity index (χ0v) is 12.2. The molecule has 0 atom stereocenters. The van der Waals surface area contributed by atoms with Crippen LogP contribution in [0.4, 0.5) is 13.2 Å². The van der Waals surface area contributed by atoms with E-state index in [4.69, 9.17) is 0 Å². The summed E-state index contributed by atoms with van der Waals surface area (Å²) in [5.74, 6) is 0. The number of nitrogens with zero attached hydrogens (tertiary/aromatic N) is 2. The minimum absolute atomic E-state index is 0.110. The predicted octanol–water partition coefficient (Wildman–Crippen LogP) is 2.27. The van der Waals surface area contributed by atoms with Crippen LogP contribution in [0.25, 0.3) is 0 Å². The van der Waals surface area contributed by atoms with Crippen molar-refractivity contribution in [3.63, 3.8) is 0 Å². The fourth-order valence-electron chi connectivity index (χ4n) is 1.80. The Hall–Kier alpha value is -1.87. The van der Waals surface area contributed by atoms with E-state index >= 15 is 0 Å². The first-order valence-corrected chi connectivity index (χ1v) is 7.92. The van der Waals surface area contributed by atoms with E-state index < -0.39 is 26.7 Å². The van der Waals surface area contributed by atoms with Crippen molar-refractivity contribution in [2.75, 3.05) is 6.54 Å². The van der Waals surface area contributed by atoms with E-state index in [9.17, 15) is 21.6 Å². The van der Waals surface area contributed by atoms with E-state index in [-0.39, 0.29) is 6.54 Å². The molecule has 1 aromatic heterocycles. The number of hydrogen-bond donors (Lipinski definition) is 1. The Morgan fingerprint density at radius 3 is 2.64 bits per heavy atom. The summed E-state index contributed by atoms with van der Waals surface area (Å²) < 4.78 is 65.6. The van der Waals surface area contributed by atoms with Crippen molar-refractivity contribution in [2.45, 2.75) is 24.0 Å². The monoisotopic (exact) mass is 333 g/mol. The van der Waals surface area contributed by atoms with Crippen LogP contribution in [0.1, 0.15) is 12.0 Å². The number of hydrogen-bond acceptors (Lipinski definition) is 3. The zero-order valence-electron chi connectivity index (χ0n) is 11.4. The molecule has 0 aliphatic carbocycles. The molecule has 120 valence electrons. The van der Waals surface area contributed by atoms with Crippen LogP contribution >= 0.6 is 0 Å². The Morgan fingerprint density at radius 2 is 2.00 bits per heavy atom. The van der Waals surface area contributed by atoms with Crippen LogP contribution in [0.15, 0.2) is 47.6 Å². The Kier molecular flexibility index (Phi) is 4.87. The quantitative estimate of drug-likeness (QED) is 0.825. The molecular weight excluding hydrogens is 319 g/mol. The number of benzene rings is 1. The maximum atomic E-state index is 12.6. The van der Waals surface area contributed by atoms with Gasteiger partial charge in [-0.05, 0) is 30.7 Å². The maximum absolute atomic E-state index is 12.6. The van der Waals surface area contributed by atoms with Crippen molar-refractivity contribution >= 4 is 10.0 Å². The molecule has 0 unspecified atom stereocenters. The molecule has 1 heterocycles. The number of rotatable bonds is 6. The van der Waals surface area contributed by atoms with Crippen molar-refractivity contribution in [3.8, 4) is 0 Å². The van der Waals surface area contributed by atoms with E-state index in [2.05, 4.69) is 9.82 Å². The third-order valence-corrected chi connectivity index (χ3v) is 4.35. The number of aryl methyl sites for hydroxylation is 1. The lowest BCUT2D eigenvalue weighted by Crippen LogP contribution is -2.26.